The largest absolute Gasteiger partial charge is 0.497 e. The van der Waals surface area contributed by atoms with E-state index in [4.69, 9.17) is 44.5 Å². The van der Waals surface area contributed by atoms with Gasteiger partial charge in [0.15, 0.2) is 0 Å². The van der Waals surface area contributed by atoms with Crippen LogP contribution in [0, 0.1) is 6.92 Å². The lowest BCUT2D eigenvalue weighted by molar-refractivity contribution is -0.0936. The number of aliphatic hydroxyl groups is 1. The van der Waals surface area contributed by atoms with Crippen molar-refractivity contribution in [2.24, 2.45) is 0 Å². The van der Waals surface area contributed by atoms with Gasteiger partial charge in [0.25, 0.3) is 11.5 Å². The molecular formula is C47H48N5O13PS. The van der Waals surface area contributed by atoms with Crippen LogP contribution in [0.3, 0.4) is 0 Å². The van der Waals surface area contributed by atoms with E-state index in [9.17, 15) is 29.2 Å². The van der Waals surface area contributed by atoms with E-state index < -0.39 is 78.6 Å². The number of ether oxygens (including phenoxy) is 5. The standard InChI is InChI=1S/C47H48N5O13PS/c1-29-26-52(46(57)50-43(29)54)42-25-37(39(64-42)27-61-47(31-12-8-5-9-13-31,32-14-18-34(59-2)19-15-32)33-16-20-35(60-3)21-17-33)65-66(58,67)62-28-38-36(53)24-41(63-38)51-23-22-40(49-45(51)56)48-44(55)30-10-6-4-7-11-30/h4-23,26,36-39,41-42,53H,24-25,27-28H2,1-3H3,(H,58,67)(H,50,54,57)(H,48,49,55,56)/t36-,37-,38+,39+,41+,42+,66?/m0/s1. The number of amides is 1. The number of methoxy groups -OCH3 is 2. The van der Waals surface area contributed by atoms with E-state index in [0.29, 0.717) is 17.1 Å². The molecule has 2 aliphatic rings. The highest BCUT2D eigenvalue weighted by molar-refractivity contribution is 8.07. The number of rotatable bonds is 17. The number of hydrogen-bond acceptors (Lipinski definition) is 14. The van der Waals surface area contributed by atoms with Crippen molar-refractivity contribution in [1.29, 1.82) is 0 Å². The van der Waals surface area contributed by atoms with Crippen LogP contribution in [-0.4, -0.2) is 86.9 Å². The Labute approximate surface area is 388 Å². The van der Waals surface area contributed by atoms with Crippen molar-refractivity contribution in [1.82, 2.24) is 19.1 Å². The van der Waals surface area contributed by atoms with E-state index >= 15 is 0 Å². The summed E-state index contributed by atoms with van der Waals surface area (Å²) in [5.74, 6) is 0.839. The number of H-pyrrole nitrogens is 1. The van der Waals surface area contributed by atoms with Crippen LogP contribution in [-0.2, 0) is 40.7 Å². The summed E-state index contributed by atoms with van der Waals surface area (Å²) in [4.78, 5) is 69.1. The molecule has 0 bridgehead atoms. The summed E-state index contributed by atoms with van der Waals surface area (Å²) in [6.07, 6.45) is -3.52. The Kier molecular flexibility index (Phi) is 14.4. The Hall–Kier alpha value is -6.12. The lowest BCUT2D eigenvalue weighted by Crippen LogP contribution is -2.38. The van der Waals surface area contributed by atoms with Crippen LogP contribution in [0.25, 0.3) is 0 Å². The van der Waals surface area contributed by atoms with Gasteiger partial charge in [-0.3, -0.25) is 23.7 Å². The van der Waals surface area contributed by atoms with Crippen molar-refractivity contribution in [2.75, 3.05) is 32.8 Å². The fraction of sp³-hybridized carbons (Fsp3) is 0.298. The maximum atomic E-state index is 13.2. The van der Waals surface area contributed by atoms with Crippen molar-refractivity contribution in [2.45, 2.75) is 62.2 Å². The molecule has 2 aliphatic heterocycles. The first-order valence-corrected chi connectivity index (χ1v) is 23.8. The molecule has 0 spiro atoms. The fourth-order valence-electron chi connectivity index (χ4n) is 8.10. The number of aryl methyl sites for hydroxylation is 1. The van der Waals surface area contributed by atoms with Crippen molar-refractivity contribution in [3.05, 3.63) is 187 Å². The van der Waals surface area contributed by atoms with Gasteiger partial charge in [-0.15, -0.1) is 0 Å². The molecule has 1 amide bonds. The minimum absolute atomic E-state index is 0.0290. The lowest BCUT2D eigenvalue weighted by atomic mass is 9.80. The van der Waals surface area contributed by atoms with E-state index in [1.807, 2.05) is 78.9 Å². The summed E-state index contributed by atoms with van der Waals surface area (Å²) < 4.78 is 45.0. The summed E-state index contributed by atoms with van der Waals surface area (Å²) in [6.45, 7) is -3.26. The Balaban J connectivity index is 1.03. The van der Waals surface area contributed by atoms with Crippen LogP contribution >= 0.6 is 6.72 Å². The molecule has 20 heteroatoms. The minimum Gasteiger partial charge on any atom is -0.497 e. The van der Waals surface area contributed by atoms with Crippen LogP contribution in [0.2, 0.25) is 0 Å². The molecule has 0 saturated carbocycles. The van der Waals surface area contributed by atoms with Crippen molar-refractivity contribution in [3.63, 3.8) is 0 Å². The maximum Gasteiger partial charge on any atom is 0.351 e. The molecular weight excluding hydrogens is 906 g/mol. The molecule has 2 saturated heterocycles. The topological polar surface area (TPSA) is 224 Å². The number of hydrogen-bond donors (Lipinski definition) is 4. The molecule has 18 nitrogen and oxygen atoms in total. The number of nitrogens with zero attached hydrogens (tertiary/aromatic N) is 3. The van der Waals surface area contributed by atoms with Gasteiger partial charge in [-0.25, -0.2) is 9.59 Å². The van der Waals surface area contributed by atoms with Crippen LogP contribution < -0.4 is 31.7 Å². The summed E-state index contributed by atoms with van der Waals surface area (Å²) in [5, 5.41) is 13.6. The van der Waals surface area contributed by atoms with Gasteiger partial charge in [-0.1, -0.05) is 72.8 Å². The van der Waals surface area contributed by atoms with E-state index in [1.165, 1.54) is 27.6 Å². The second-order valence-corrected chi connectivity index (χ2v) is 18.6. The van der Waals surface area contributed by atoms with Gasteiger partial charge in [-0.2, -0.15) is 4.98 Å². The first-order chi connectivity index (χ1) is 32.3. The van der Waals surface area contributed by atoms with Crippen LogP contribution in [0.15, 0.2) is 142 Å². The Morgan fingerprint density at radius 3 is 2.01 bits per heavy atom. The molecule has 4 heterocycles. The van der Waals surface area contributed by atoms with Gasteiger partial charge in [-0.05, 0) is 77.9 Å². The summed E-state index contributed by atoms with van der Waals surface area (Å²) >= 11 is 5.54. The van der Waals surface area contributed by atoms with E-state index in [1.54, 1.807) is 51.5 Å². The first kappa shape index (κ1) is 47.4. The molecule has 7 atom stereocenters. The Morgan fingerprint density at radius 1 is 0.821 bits per heavy atom. The summed E-state index contributed by atoms with van der Waals surface area (Å²) in [5.41, 5.74) is -0.429. The third kappa shape index (κ3) is 10.6. The molecule has 4 aromatic carbocycles. The number of benzene rings is 4. The average molecular weight is 954 g/mol. The molecule has 67 heavy (non-hydrogen) atoms. The van der Waals surface area contributed by atoms with Crippen LogP contribution in [0.1, 0.15) is 57.9 Å². The zero-order valence-electron chi connectivity index (χ0n) is 36.5. The number of carbonyl (C=O) groups is 1. The number of carbonyl (C=O) groups excluding carboxylic acids is 1. The zero-order chi connectivity index (χ0) is 47.3. The monoisotopic (exact) mass is 953 g/mol. The molecule has 1 unspecified atom stereocenters. The van der Waals surface area contributed by atoms with Crippen molar-refractivity contribution < 1.29 is 47.5 Å². The predicted octanol–water partition coefficient (Wildman–Crippen LogP) is 4.93. The van der Waals surface area contributed by atoms with Gasteiger partial charge < -0.3 is 48.0 Å². The molecule has 0 aliphatic carbocycles. The van der Waals surface area contributed by atoms with Crippen LogP contribution in [0.5, 0.6) is 11.5 Å². The fourth-order valence-corrected chi connectivity index (χ4v) is 9.57. The number of aromatic nitrogens is 4. The van der Waals surface area contributed by atoms with Gasteiger partial charge in [0.05, 0.1) is 39.6 Å². The number of anilines is 1. The smallest absolute Gasteiger partial charge is 0.351 e. The Morgan fingerprint density at radius 2 is 1.40 bits per heavy atom. The highest BCUT2D eigenvalue weighted by atomic mass is 32.5. The molecule has 8 rings (SSSR count). The summed E-state index contributed by atoms with van der Waals surface area (Å²) in [6, 6.07) is 34.3. The quantitative estimate of drug-likeness (QED) is 0.0703. The predicted molar refractivity (Wildman–Crippen MR) is 248 cm³/mol. The number of aliphatic hydroxyl groups excluding tert-OH is 1. The van der Waals surface area contributed by atoms with E-state index in [-0.39, 0.29) is 30.8 Å². The zero-order valence-corrected chi connectivity index (χ0v) is 38.2. The van der Waals surface area contributed by atoms with Gasteiger partial charge >= 0.3 is 18.1 Å². The highest BCUT2D eigenvalue weighted by Gasteiger charge is 2.45. The van der Waals surface area contributed by atoms with Gasteiger partial charge in [0, 0.05) is 36.4 Å². The first-order valence-electron chi connectivity index (χ1n) is 21.2. The van der Waals surface area contributed by atoms with E-state index in [2.05, 4.69) is 15.3 Å². The van der Waals surface area contributed by atoms with E-state index in [0.717, 1.165) is 16.7 Å². The summed E-state index contributed by atoms with van der Waals surface area (Å²) in [7, 11) is 3.15. The van der Waals surface area contributed by atoms with Gasteiger partial charge in [0.2, 0.25) is 0 Å². The average Bonchev–Trinajstić information content (AvgIpc) is 3.91. The maximum absolute atomic E-state index is 13.2. The minimum atomic E-state index is -4.20. The second-order valence-electron chi connectivity index (χ2n) is 15.8. The van der Waals surface area contributed by atoms with Crippen molar-refractivity contribution >= 4 is 30.3 Å². The third-order valence-corrected chi connectivity index (χ3v) is 13.2. The normalized spacial score (nSPS) is 21.4. The van der Waals surface area contributed by atoms with Gasteiger partial charge in [0.1, 0.15) is 47.6 Å². The molecule has 4 N–H and O–H groups in total. The molecule has 2 fully saturated rings. The van der Waals surface area contributed by atoms with Crippen molar-refractivity contribution in [3.8, 4) is 11.5 Å². The number of aromatic amines is 1. The Bertz CT molecular complexity index is 2850. The SMILES string of the molecule is COc1ccc(C(OC[C@H]2O[C@@H](n3cc(C)c(=O)[nH]c3=O)C[C@@H]2OP(O)(=S)OC[C@H]2O[C@@H](n3ccc(NC(=O)c4ccccc4)nc3=O)C[C@@H]2O)(c2ccccc2)c2ccc(OC)cc2)cc1. The third-order valence-electron chi connectivity index (χ3n) is 11.6. The highest BCUT2D eigenvalue weighted by Crippen LogP contribution is 2.50. The van der Waals surface area contributed by atoms with Crippen LogP contribution in [0.4, 0.5) is 5.82 Å². The molecule has 0 radical (unpaired) electrons. The molecule has 2 aromatic heterocycles. The molecule has 350 valence electrons. The lowest BCUT2D eigenvalue weighted by Gasteiger charge is -2.37. The molecule has 6 aromatic rings. The number of nitrogens with one attached hydrogen (secondary N) is 2. The second kappa shape index (κ2) is 20.4.